The van der Waals surface area contributed by atoms with Crippen molar-refractivity contribution < 1.29 is 0 Å². The van der Waals surface area contributed by atoms with Gasteiger partial charge in [0.1, 0.15) is 0 Å². The Labute approximate surface area is 142 Å². The van der Waals surface area contributed by atoms with Crippen molar-refractivity contribution >= 4 is 33.8 Å². The minimum Gasteiger partial charge on any atom is -0.358 e. The number of fused-ring (bicyclic) bond motifs is 1. The van der Waals surface area contributed by atoms with E-state index in [9.17, 15) is 0 Å². The number of aryl methyl sites for hydroxylation is 2. The number of benzene rings is 3. The molecule has 0 heterocycles. The highest BCUT2D eigenvalue weighted by molar-refractivity contribution is 7.80. The zero-order valence-corrected chi connectivity index (χ0v) is 14.2. The Balaban J connectivity index is 1.67. The van der Waals surface area contributed by atoms with Gasteiger partial charge in [-0.3, -0.25) is 0 Å². The monoisotopic (exact) mass is 320 g/mol. The topological polar surface area (TPSA) is 24.1 Å². The quantitative estimate of drug-likeness (QED) is 0.668. The molecule has 0 unspecified atom stereocenters. The van der Waals surface area contributed by atoms with Gasteiger partial charge in [-0.15, -0.1) is 0 Å². The van der Waals surface area contributed by atoms with Crippen LogP contribution in [0.1, 0.15) is 16.7 Å². The van der Waals surface area contributed by atoms with Crippen LogP contribution in [0.4, 0.5) is 5.69 Å². The summed E-state index contributed by atoms with van der Waals surface area (Å²) in [5.74, 6) is 0. The summed E-state index contributed by atoms with van der Waals surface area (Å²) in [4.78, 5) is 0. The summed E-state index contributed by atoms with van der Waals surface area (Å²) in [7, 11) is 0. The SMILES string of the molecule is Cc1ccc(NC(=S)NCc2cccc3ccccc23)cc1C. The van der Waals surface area contributed by atoms with Gasteiger partial charge in [-0.2, -0.15) is 0 Å². The third kappa shape index (κ3) is 3.69. The molecule has 2 N–H and O–H groups in total. The lowest BCUT2D eigenvalue weighted by Gasteiger charge is -2.13. The van der Waals surface area contributed by atoms with Gasteiger partial charge in [0.15, 0.2) is 5.11 Å². The van der Waals surface area contributed by atoms with Gasteiger partial charge in [-0.05, 0) is 65.7 Å². The fourth-order valence-corrected chi connectivity index (χ4v) is 2.81. The second-order valence-electron chi connectivity index (χ2n) is 5.74. The van der Waals surface area contributed by atoms with E-state index in [2.05, 4.69) is 79.1 Å². The van der Waals surface area contributed by atoms with Crippen LogP contribution < -0.4 is 10.6 Å². The molecule has 3 rings (SSSR count). The molecule has 116 valence electrons. The maximum atomic E-state index is 5.41. The Bertz CT molecular complexity index is 850. The number of rotatable bonds is 3. The van der Waals surface area contributed by atoms with Crippen LogP contribution in [0.2, 0.25) is 0 Å². The number of nitrogens with one attached hydrogen (secondary N) is 2. The Kier molecular flexibility index (Phi) is 4.58. The van der Waals surface area contributed by atoms with Crippen LogP contribution in [0.25, 0.3) is 10.8 Å². The van der Waals surface area contributed by atoms with E-state index < -0.39 is 0 Å². The summed E-state index contributed by atoms with van der Waals surface area (Å²) in [6.45, 7) is 4.92. The first-order valence-electron chi connectivity index (χ1n) is 7.72. The van der Waals surface area contributed by atoms with Gasteiger partial charge < -0.3 is 10.6 Å². The van der Waals surface area contributed by atoms with Gasteiger partial charge in [-0.25, -0.2) is 0 Å². The Morgan fingerprint density at radius 1 is 0.913 bits per heavy atom. The number of hydrogen-bond donors (Lipinski definition) is 2. The molecule has 0 bridgehead atoms. The molecule has 3 heteroatoms. The van der Waals surface area contributed by atoms with Gasteiger partial charge in [0, 0.05) is 12.2 Å². The molecule has 2 nitrogen and oxygen atoms in total. The number of anilines is 1. The van der Waals surface area contributed by atoms with Crippen molar-refractivity contribution in [3.63, 3.8) is 0 Å². The maximum Gasteiger partial charge on any atom is 0.171 e. The van der Waals surface area contributed by atoms with Crippen molar-refractivity contribution in [1.29, 1.82) is 0 Å². The second-order valence-corrected chi connectivity index (χ2v) is 6.15. The van der Waals surface area contributed by atoms with Crippen LogP contribution in [0.15, 0.2) is 60.7 Å². The van der Waals surface area contributed by atoms with Crippen LogP contribution in [-0.2, 0) is 6.54 Å². The van der Waals surface area contributed by atoms with E-state index in [1.165, 1.54) is 27.5 Å². The normalized spacial score (nSPS) is 10.5. The third-order valence-electron chi connectivity index (χ3n) is 4.08. The summed E-state index contributed by atoms with van der Waals surface area (Å²) in [6, 6.07) is 21.0. The van der Waals surface area contributed by atoms with E-state index in [4.69, 9.17) is 12.2 Å². The van der Waals surface area contributed by atoms with Crippen LogP contribution in [0, 0.1) is 13.8 Å². The van der Waals surface area contributed by atoms with Crippen LogP contribution >= 0.6 is 12.2 Å². The Morgan fingerprint density at radius 2 is 1.70 bits per heavy atom. The average molecular weight is 320 g/mol. The summed E-state index contributed by atoms with van der Waals surface area (Å²) in [6.07, 6.45) is 0. The molecule has 0 atom stereocenters. The first-order valence-corrected chi connectivity index (χ1v) is 8.13. The molecule has 0 fully saturated rings. The molecule has 0 saturated carbocycles. The molecular formula is C20H20N2S. The standard InChI is InChI=1S/C20H20N2S/c1-14-10-11-18(12-15(14)2)22-20(23)21-13-17-8-5-7-16-6-3-4-9-19(16)17/h3-12H,13H2,1-2H3,(H2,21,22,23). The van der Waals surface area contributed by atoms with E-state index >= 15 is 0 Å². The summed E-state index contributed by atoms with van der Waals surface area (Å²) in [5.41, 5.74) is 4.80. The van der Waals surface area contributed by atoms with Crippen molar-refractivity contribution in [1.82, 2.24) is 5.32 Å². The van der Waals surface area contributed by atoms with Crippen LogP contribution in [0.3, 0.4) is 0 Å². The van der Waals surface area contributed by atoms with Gasteiger partial charge in [0.05, 0.1) is 0 Å². The lowest BCUT2D eigenvalue weighted by atomic mass is 10.0. The molecule has 3 aromatic carbocycles. The summed E-state index contributed by atoms with van der Waals surface area (Å²) in [5, 5.41) is 9.69. The van der Waals surface area contributed by atoms with Gasteiger partial charge in [-0.1, -0.05) is 48.5 Å². The molecule has 0 aromatic heterocycles. The van der Waals surface area contributed by atoms with E-state index in [0.29, 0.717) is 11.7 Å². The summed E-state index contributed by atoms with van der Waals surface area (Å²) < 4.78 is 0. The van der Waals surface area contributed by atoms with Crippen molar-refractivity contribution in [2.45, 2.75) is 20.4 Å². The van der Waals surface area contributed by atoms with E-state index in [-0.39, 0.29) is 0 Å². The Hall–Kier alpha value is -2.39. The largest absolute Gasteiger partial charge is 0.358 e. The van der Waals surface area contributed by atoms with Gasteiger partial charge in [0.2, 0.25) is 0 Å². The lowest BCUT2D eigenvalue weighted by Crippen LogP contribution is -2.28. The first-order chi connectivity index (χ1) is 11.1. The average Bonchev–Trinajstić information content (AvgIpc) is 2.56. The molecule has 23 heavy (non-hydrogen) atoms. The smallest absolute Gasteiger partial charge is 0.171 e. The zero-order valence-electron chi connectivity index (χ0n) is 13.4. The predicted molar refractivity (Wildman–Crippen MR) is 103 cm³/mol. The molecule has 0 radical (unpaired) electrons. The molecule has 0 spiro atoms. The zero-order chi connectivity index (χ0) is 16.2. The molecule has 0 aliphatic carbocycles. The molecule has 0 saturated heterocycles. The van der Waals surface area contributed by atoms with Crippen molar-refractivity contribution in [3.8, 4) is 0 Å². The van der Waals surface area contributed by atoms with Crippen LogP contribution in [-0.4, -0.2) is 5.11 Å². The first kappa shape index (κ1) is 15.5. The van der Waals surface area contributed by atoms with Crippen molar-refractivity contribution in [2.24, 2.45) is 0 Å². The fraction of sp³-hybridized carbons (Fsp3) is 0.150. The highest BCUT2D eigenvalue weighted by atomic mass is 32.1. The molecule has 3 aromatic rings. The lowest BCUT2D eigenvalue weighted by molar-refractivity contribution is 0.934. The van der Waals surface area contributed by atoms with Crippen molar-refractivity contribution in [3.05, 3.63) is 77.4 Å². The van der Waals surface area contributed by atoms with Crippen molar-refractivity contribution in [2.75, 3.05) is 5.32 Å². The fourth-order valence-electron chi connectivity index (χ4n) is 2.62. The molecule has 0 amide bonds. The van der Waals surface area contributed by atoms with Gasteiger partial charge in [0.25, 0.3) is 0 Å². The highest BCUT2D eigenvalue weighted by Crippen LogP contribution is 2.18. The predicted octanol–water partition coefficient (Wildman–Crippen LogP) is 4.94. The number of thiocarbonyl (C=S) groups is 1. The summed E-state index contributed by atoms with van der Waals surface area (Å²) >= 11 is 5.41. The number of hydrogen-bond acceptors (Lipinski definition) is 1. The molecule has 0 aliphatic heterocycles. The molecular weight excluding hydrogens is 300 g/mol. The van der Waals surface area contributed by atoms with Crippen LogP contribution in [0.5, 0.6) is 0 Å². The third-order valence-corrected chi connectivity index (χ3v) is 4.33. The second kappa shape index (κ2) is 6.80. The minimum atomic E-state index is 0.640. The highest BCUT2D eigenvalue weighted by Gasteiger charge is 2.03. The Morgan fingerprint density at radius 3 is 2.52 bits per heavy atom. The molecule has 0 aliphatic rings. The maximum absolute atomic E-state index is 5.41. The van der Waals surface area contributed by atoms with E-state index in [1.54, 1.807) is 0 Å². The van der Waals surface area contributed by atoms with Gasteiger partial charge >= 0.3 is 0 Å². The minimum absolute atomic E-state index is 0.640. The van der Waals surface area contributed by atoms with E-state index in [1.807, 2.05) is 6.07 Å². The van der Waals surface area contributed by atoms with E-state index in [0.717, 1.165) is 5.69 Å².